The molecule has 1 heterocycles. The molecular formula is C16H25ClN2O. The molecule has 0 aliphatic carbocycles. The monoisotopic (exact) mass is 296 g/mol. The van der Waals surface area contributed by atoms with Crippen molar-refractivity contribution in [1.82, 2.24) is 10.6 Å². The van der Waals surface area contributed by atoms with Crippen molar-refractivity contribution in [2.24, 2.45) is 5.92 Å². The number of carbonyl (C=O) groups is 1. The van der Waals surface area contributed by atoms with Crippen LogP contribution in [-0.2, 0) is 4.79 Å². The van der Waals surface area contributed by atoms with E-state index in [1.807, 2.05) is 18.2 Å². The molecule has 1 saturated heterocycles. The van der Waals surface area contributed by atoms with Gasteiger partial charge in [0.1, 0.15) is 0 Å². The second-order valence-corrected chi connectivity index (χ2v) is 5.34. The second-order valence-electron chi connectivity index (χ2n) is 5.34. The normalized spacial score (nSPS) is 17.1. The summed E-state index contributed by atoms with van der Waals surface area (Å²) in [6.07, 6.45) is 3.85. The Morgan fingerprint density at radius 2 is 1.95 bits per heavy atom. The van der Waals surface area contributed by atoms with Crippen LogP contribution in [0.4, 0.5) is 0 Å². The lowest BCUT2D eigenvalue weighted by atomic mass is 9.94. The molecule has 0 radical (unpaired) electrons. The fourth-order valence-electron chi connectivity index (χ4n) is 2.71. The van der Waals surface area contributed by atoms with Gasteiger partial charge in [-0.3, -0.25) is 4.79 Å². The van der Waals surface area contributed by atoms with Crippen LogP contribution in [0.25, 0.3) is 0 Å². The van der Waals surface area contributed by atoms with Crippen molar-refractivity contribution in [3.63, 3.8) is 0 Å². The fraction of sp³-hybridized carbons (Fsp3) is 0.562. The maximum absolute atomic E-state index is 12.1. The van der Waals surface area contributed by atoms with Crippen LogP contribution < -0.4 is 10.6 Å². The van der Waals surface area contributed by atoms with E-state index in [0.29, 0.717) is 12.3 Å². The Kier molecular flexibility index (Phi) is 7.63. The maximum Gasteiger partial charge on any atom is 0.220 e. The van der Waals surface area contributed by atoms with E-state index >= 15 is 0 Å². The molecule has 1 atom stereocenters. The van der Waals surface area contributed by atoms with Gasteiger partial charge in [0, 0.05) is 6.42 Å². The number of halogens is 1. The molecule has 4 heteroatoms. The molecule has 2 N–H and O–H groups in total. The summed E-state index contributed by atoms with van der Waals surface area (Å²) in [4.78, 5) is 12.1. The molecule has 0 spiro atoms. The second kappa shape index (κ2) is 8.98. The zero-order chi connectivity index (χ0) is 13.5. The molecule has 1 aromatic carbocycles. The minimum absolute atomic E-state index is 0. The molecule has 0 aromatic heterocycles. The molecule has 1 unspecified atom stereocenters. The first kappa shape index (κ1) is 17.0. The minimum Gasteiger partial charge on any atom is -0.349 e. The number of hydrogen-bond donors (Lipinski definition) is 2. The van der Waals surface area contributed by atoms with Crippen LogP contribution in [0, 0.1) is 5.92 Å². The molecule has 20 heavy (non-hydrogen) atoms. The number of piperidine rings is 1. The van der Waals surface area contributed by atoms with Gasteiger partial charge in [0.2, 0.25) is 5.91 Å². The van der Waals surface area contributed by atoms with Gasteiger partial charge in [0.25, 0.3) is 0 Å². The average Bonchev–Trinajstić information content (AvgIpc) is 2.47. The van der Waals surface area contributed by atoms with Gasteiger partial charge in [0.15, 0.2) is 0 Å². The summed E-state index contributed by atoms with van der Waals surface area (Å²) in [7, 11) is 0. The maximum atomic E-state index is 12.1. The lowest BCUT2D eigenvalue weighted by Crippen LogP contribution is -2.33. The molecule has 1 fully saturated rings. The quantitative estimate of drug-likeness (QED) is 0.877. The topological polar surface area (TPSA) is 41.1 Å². The Hall–Kier alpha value is -1.06. The number of carbonyl (C=O) groups excluding carboxylic acids is 1. The third kappa shape index (κ3) is 5.14. The number of rotatable bonds is 5. The molecule has 112 valence electrons. The van der Waals surface area contributed by atoms with E-state index in [-0.39, 0.29) is 24.4 Å². The summed E-state index contributed by atoms with van der Waals surface area (Å²) in [5.41, 5.74) is 1.20. The van der Waals surface area contributed by atoms with Crippen molar-refractivity contribution in [1.29, 1.82) is 0 Å². The molecule has 1 aromatic rings. The van der Waals surface area contributed by atoms with Crippen LogP contribution in [0.1, 0.15) is 44.2 Å². The molecular weight excluding hydrogens is 272 g/mol. The van der Waals surface area contributed by atoms with Gasteiger partial charge in [0.05, 0.1) is 6.04 Å². The zero-order valence-electron chi connectivity index (χ0n) is 12.1. The molecule has 0 bridgehead atoms. The van der Waals surface area contributed by atoms with E-state index in [1.165, 1.54) is 5.56 Å². The summed E-state index contributed by atoms with van der Waals surface area (Å²) in [6.45, 7) is 4.21. The first-order valence-corrected chi connectivity index (χ1v) is 7.34. The van der Waals surface area contributed by atoms with Gasteiger partial charge < -0.3 is 10.6 Å². The smallest absolute Gasteiger partial charge is 0.220 e. The lowest BCUT2D eigenvalue weighted by Gasteiger charge is -2.24. The highest BCUT2D eigenvalue weighted by Gasteiger charge is 2.19. The highest BCUT2D eigenvalue weighted by molar-refractivity contribution is 5.85. The van der Waals surface area contributed by atoms with Crippen LogP contribution >= 0.6 is 12.4 Å². The molecule has 1 amide bonds. The van der Waals surface area contributed by atoms with E-state index in [1.54, 1.807) is 0 Å². The van der Waals surface area contributed by atoms with E-state index in [9.17, 15) is 4.79 Å². The molecule has 3 nitrogen and oxygen atoms in total. The van der Waals surface area contributed by atoms with Crippen molar-refractivity contribution in [3.8, 4) is 0 Å². The van der Waals surface area contributed by atoms with E-state index < -0.39 is 0 Å². The van der Waals surface area contributed by atoms with Gasteiger partial charge in [-0.25, -0.2) is 0 Å². The summed E-state index contributed by atoms with van der Waals surface area (Å²) in [5.74, 6) is 0.747. The van der Waals surface area contributed by atoms with E-state index in [2.05, 4.69) is 29.7 Å². The van der Waals surface area contributed by atoms with E-state index in [4.69, 9.17) is 0 Å². The summed E-state index contributed by atoms with van der Waals surface area (Å²) in [6, 6.07) is 10.4. The lowest BCUT2D eigenvalue weighted by molar-refractivity contribution is -0.123. The largest absolute Gasteiger partial charge is 0.349 e. The summed E-state index contributed by atoms with van der Waals surface area (Å²) < 4.78 is 0. The van der Waals surface area contributed by atoms with Gasteiger partial charge >= 0.3 is 0 Å². The van der Waals surface area contributed by atoms with Crippen molar-refractivity contribution in [2.75, 3.05) is 13.1 Å². The molecule has 1 aliphatic heterocycles. The zero-order valence-corrected chi connectivity index (χ0v) is 12.9. The number of amides is 1. The average molecular weight is 297 g/mol. The number of nitrogens with one attached hydrogen (secondary N) is 2. The van der Waals surface area contributed by atoms with Crippen LogP contribution in [0.15, 0.2) is 30.3 Å². The Morgan fingerprint density at radius 1 is 1.30 bits per heavy atom. The van der Waals surface area contributed by atoms with Crippen LogP contribution in [0.3, 0.4) is 0 Å². The number of benzene rings is 1. The van der Waals surface area contributed by atoms with Crippen LogP contribution in [0.5, 0.6) is 0 Å². The predicted molar refractivity (Wildman–Crippen MR) is 85.1 cm³/mol. The van der Waals surface area contributed by atoms with Gasteiger partial charge in [-0.15, -0.1) is 12.4 Å². The van der Waals surface area contributed by atoms with Crippen molar-refractivity contribution in [2.45, 2.75) is 38.6 Å². The fourth-order valence-corrected chi connectivity index (χ4v) is 2.71. The van der Waals surface area contributed by atoms with Crippen LogP contribution in [-0.4, -0.2) is 19.0 Å². The Labute approximate surface area is 127 Å². The van der Waals surface area contributed by atoms with Crippen molar-refractivity contribution < 1.29 is 4.79 Å². The summed E-state index contributed by atoms with van der Waals surface area (Å²) in [5, 5.41) is 6.50. The molecule has 1 aliphatic rings. The predicted octanol–water partition coefficient (Wildman–Crippen LogP) is 3.07. The van der Waals surface area contributed by atoms with Gasteiger partial charge in [-0.1, -0.05) is 37.3 Å². The first-order valence-electron chi connectivity index (χ1n) is 7.34. The number of hydrogen-bond acceptors (Lipinski definition) is 2. The van der Waals surface area contributed by atoms with Crippen molar-refractivity contribution >= 4 is 18.3 Å². The van der Waals surface area contributed by atoms with Crippen LogP contribution in [0.2, 0.25) is 0 Å². The van der Waals surface area contributed by atoms with Crippen molar-refractivity contribution in [3.05, 3.63) is 35.9 Å². The Bertz CT molecular complexity index is 391. The summed E-state index contributed by atoms with van der Waals surface area (Å²) >= 11 is 0. The molecule has 0 saturated carbocycles. The standard InChI is InChI=1S/C16H24N2O.ClH/c1-2-15(14-6-4-3-5-7-14)18-16(19)12-13-8-10-17-11-9-13;/h3-7,13,15,17H,2,8-12H2,1H3,(H,18,19);1H. The third-order valence-electron chi connectivity index (χ3n) is 3.88. The molecule has 2 rings (SSSR count). The minimum atomic E-state index is 0. The Morgan fingerprint density at radius 3 is 2.55 bits per heavy atom. The first-order chi connectivity index (χ1) is 9.29. The van der Waals surface area contributed by atoms with Gasteiger partial charge in [-0.2, -0.15) is 0 Å². The highest BCUT2D eigenvalue weighted by Crippen LogP contribution is 2.19. The highest BCUT2D eigenvalue weighted by atomic mass is 35.5. The third-order valence-corrected chi connectivity index (χ3v) is 3.88. The van der Waals surface area contributed by atoms with E-state index in [0.717, 1.165) is 32.4 Å². The van der Waals surface area contributed by atoms with Gasteiger partial charge in [-0.05, 0) is 43.8 Å². The Balaban J connectivity index is 0.00000200. The SMILES string of the molecule is CCC(NC(=O)CC1CCNCC1)c1ccccc1.Cl.